The van der Waals surface area contributed by atoms with E-state index >= 15 is 0 Å². The molecule has 0 aliphatic carbocycles. The zero-order valence-corrected chi connectivity index (χ0v) is 4.44. The molecule has 3 amide bonds. The Bertz CT molecular complexity index is 134. The molecule has 0 aromatic rings. The summed E-state index contributed by atoms with van der Waals surface area (Å²) in [5.41, 5.74) is 4.42. The van der Waals surface area contributed by atoms with E-state index in [1.54, 1.807) is 0 Å². The van der Waals surface area contributed by atoms with Crippen molar-refractivity contribution in [2.24, 2.45) is 5.73 Å². The summed E-state index contributed by atoms with van der Waals surface area (Å²) < 4.78 is 0. The highest BCUT2D eigenvalue weighted by Crippen LogP contribution is 1.79. The molecule has 0 heterocycles. The van der Waals surface area contributed by atoms with Crippen LogP contribution in [0.4, 0.5) is 4.79 Å². The van der Waals surface area contributed by atoms with E-state index in [4.69, 9.17) is 10.3 Å². The maximum atomic E-state index is 10.1. The third-order valence-electron chi connectivity index (χ3n) is 0.580. The molecule has 4 N–H and O–H groups in total. The molecular formula is C3H6N2O4. The molecule has 0 atom stereocenters. The number of carbonyl (C=O) groups excluding carboxylic acids is 2. The van der Waals surface area contributed by atoms with E-state index in [0.29, 0.717) is 0 Å². The van der Waals surface area contributed by atoms with E-state index in [2.05, 4.69) is 5.73 Å². The van der Waals surface area contributed by atoms with Gasteiger partial charge >= 0.3 is 6.03 Å². The fraction of sp³-hybridized carbons (Fsp3) is 0.333. The third kappa shape index (κ3) is 2.06. The molecule has 0 saturated heterocycles. The average molecular weight is 134 g/mol. The van der Waals surface area contributed by atoms with Crippen molar-refractivity contribution in [1.82, 2.24) is 5.06 Å². The quantitative estimate of drug-likeness (QED) is 0.293. The van der Waals surface area contributed by atoms with Gasteiger partial charge in [0.2, 0.25) is 0 Å². The van der Waals surface area contributed by atoms with Gasteiger partial charge < -0.3 is 10.8 Å². The summed E-state index contributed by atoms with van der Waals surface area (Å²) in [5, 5.41) is 15.9. The molecule has 0 aliphatic heterocycles. The number of carbonyl (C=O) groups is 2. The second-order valence-corrected chi connectivity index (χ2v) is 1.20. The summed E-state index contributed by atoms with van der Waals surface area (Å²) in [6.45, 7) is -0.945. The zero-order chi connectivity index (χ0) is 7.44. The predicted octanol–water partition coefficient (Wildman–Crippen LogP) is -1.72. The Labute approximate surface area is 50.4 Å². The molecule has 0 aromatic heterocycles. The van der Waals surface area contributed by atoms with Crippen molar-refractivity contribution in [3.63, 3.8) is 0 Å². The molecule has 0 radical (unpaired) electrons. The lowest BCUT2D eigenvalue weighted by Gasteiger charge is -2.05. The van der Waals surface area contributed by atoms with Crippen molar-refractivity contribution in [1.29, 1.82) is 0 Å². The second-order valence-electron chi connectivity index (χ2n) is 1.20. The van der Waals surface area contributed by atoms with Gasteiger partial charge in [0.1, 0.15) is 6.61 Å². The van der Waals surface area contributed by atoms with E-state index < -0.39 is 18.5 Å². The van der Waals surface area contributed by atoms with Gasteiger partial charge in [0, 0.05) is 0 Å². The molecule has 0 saturated carbocycles. The first-order valence-electron chi connectivity index (χ1n) is 2.01. The second kappa shape index (κ2) is 3.00. The van der Waals surface area contributed by atoms with Gasteiger partial charge in [0.15, 0.2) is 0 Å². The van der Waals surface area contributed by atoms with Crippen LogP contribution in [-0.2, 0) is 4.79 Å². The number of rotatable bonds is 1. The standard InChI is InChI=1S/C3H6N2O4/c4-3(8)5(9)2(7)1-6/h6,9H,1H2,(H2,4,8). The van der Waals surface area contributed by atoms with Crippen molar-refractivity contribution in [2.45, 2.75) is 0 Å². The van der Waals surface area contributed by atoms with Crippen molar-refractivity contribution in [3.8, 4) is 0 Å². The maximum absolute atomic E-state index is 10.1. The van der Waals surface area contributed by atoms with Gasteiger partial charge in [-0.1, -0.05) is 0 Å². The Kier molecular flexibility index (Phi) is 2.62. The van der Waals surface area contributed by atoms with Crippen molar-refractivity contribution >= 4 is 11.9 Å². The number of nitrogens with two attached hydrogens (primary N) is 1. The molecule has 0 rings (SSSR count). The fourth-order valence-electron chi connectivity index (χ4n) is 0.190. The highest BCUT2D eigenvalue weighted by molar-refractivity contribution is 5.92. The number of aliphatic hydroxyl groups excluding tert-OH is 1. The SMILES string of the molecule is NC(=O)N(O)C(=O)CO. The fourth-order valence-corrected chi connectivity index (χ4v) is 0.190. The Morgan fingerprint density at radius 3 is 2.11 bits per heavy atom. The molecule has 0 fully saturated rings. The van der Waals surface area contributed by atoms with Gasteiger partial charge in [-0.3, -0.25) is 10.0 Å². The Balaban J connectivity index is 3.88. The van der Waals surface area contributed by atoms with Gasteiger partial charge in [-0.05, 0) is 0 Å². The lowest BCUT2D eigenvalue weighted by molar-refractivity contribution is -0.155. The monoisotopic (exact) mass is 134 g/mol. The summed E-state index contributed by atoms with van der Waals surface area (Å²) >= 11 is 0. The highest BCUT2D eigenvalue weighted by atomic mass is 16.5. The van der Waals surface area contributed by atoms with Crippen LogP contribution in [0.5, 0.6) is 0 Å². The lowest BCUT2D eigenvalue weighted by Crippen LogP contribution is -2.39. The number of hydrogen-bond acceptors (Lipinski definition) is 4. The number of aliphatic hydroxyl groups is 1. The molecule has 9 heavy (non-hydrogen) atoms. The van der Waals surface area contributed by atoms with E-state index in [-0.39, 0.29) is 5.06 Å². The minimum absolute atomic E-state index is 0.361. The van der Waals surface area contributed by atoms with Crippen LogP contribution in [0.1, 0.15) is 0 Å². The molecule has 0 bridgehead atoms. The van der Waals surface area contributed by atoms with Gasteiger partial charge in [-0.15, -0.1) is 5.06 Å². The smallest absolute Gasteiger partial charge is 0.346 e. The number of imide groups is 1. The first-order chi connectivity index (χ1) is 4.09. The van der Waals surface area contributed by atoms with Crippen LogP contribution in [-0.4, -0.2) is 33.9 Å². The first kappa shape index (κ1) is 7.86. The molecule has 52 valence electrons. The van der Waals surface area contributed by atoms with Crippen LogP contribution in [0.15, 0.2) is 0 Å². The number of primary amides is 1. The van der Waals surface area contributed by atoms with Crippen LogP contribution < -0.4 is 5.73 Å². The number of amides is 3. The van der Waals surface area contributed by atoms with Crippen molar-refractivity contribution < 1.29 is 19.9 Å². The molecular weight excluding hydrogens is 128 g/mol. The van der Waals surface area contributed by atoms with Crippen LogP contribution in [0.25, 0.3) is 0 Å². The predicted molar refractivity (Wildman–Crippen MR) is 25.3 cm³/mol. The van der Waals surface area contributed by atoms with Crippen LogP contribution >= 0.6 is 0 Å². The first-order valence-corrected chi connectivity index (χ1v) is 2.01. The lowest BCUT2D eigenvalue weighted by atomic mass is 10.6. The van der Waals surface area contributed by atoms with Gasteiger partial charge in [0.25, 0.3) is 5.91 Å². The Morgan fingerprint density at radius 2 is 2.00 bits per heavy atom. The number of nitrogens with zero attached hydrogens (tertiary/aromatic N) is 1. The number of urea groups is 1. The summed E-state index contributed by atoms with van der Waals surface area (Å²) in [6.07, 6.45) is 0. The molecule has 0 unspecified atom stereocenters. The average Bonchev–Trinajstić information content (AvgIpc) is 1.84. The minimum atomic E-state index is -1.31. The van der Waals surface area contributed by atoms with E-state index in [9.17, 15) is 9.59 Å². The van der Waals surface area contributed by atoms with Crippen LogP contribution in [0.3, 0.4) is 0 Å². The number of hydrogen-bond donors (Lipinski definition) is 3. The van der Waals surface area contributed by atoms with E-state index in [1.807, 2.05) is 0 Å². The summed E-state index contributed by atoms with van der Waals surface area (Å²) in [4.78, 5) is 19.9. The van der Waals surface area contributed by atoms with Gasteiger partial charge in [0.05, 0.1) is 0 Å². The largest absolute Gasteiger partial charge is 0.386 e. The van der Waals surface area contributed by atoms with Gasteiger partial charge in [-0.2, -0.15) is 0 Å². The van der Waals surface area contributed by atoms with E-state index in [1.165, 1.54) is 0 Å². The zero-order valence-electron chi connectivity index (χ0n) is 4.44. The summed E-state index contributed by atoms with van der Waals surface area (Å²) in [7, 11) is 0. The molecule has 0 aliphatic rings. The summed E-state index contributed by atoms with van der Waals surface area (Å²) in [6, 6.07) is -1.31. The highest BCUT2D eigenvalue weighted by Gasteiger charge is 2.13. The van der Waals surface area contributed by atoms with Crippen LogP contribution in [0, 0.1) is 0 Å². The normalized spacial score (nSPS) is 8.67. The van der Waals surface area contributed by atoms with Gasteiger partial charge in [-0.25, -0.2) is 4.79 Å². The molecule has 0 spiro atoms. The minimum Gasteiger partial charge on any atom is -0.386 e. The van der Waals surface area contributed by atoms with Crippen molar-refractivity contribution in [3.05, 3.63) is 0 Å². The topological polar surface area (TPSA) is 104 Å². The Morgan fingerprint density at radius 1 is 1.56 bits per heavy atom. The molecule has 6 nitrogen and oxygen atoms in total. The summed E-state index contributed by atoms with van der Waals surface area (Å²) in [5.74, 6) is -1.15. The third-order valence-corrected chi connectivity index (χ3v) is 0.580. The van der Waals surface area contributed by atoms with Crippen molar-refractivity contribution in [2.75, 3.05) is 6.61 Å². The Hall–Kier alpha value is -1.14. The molecule has 6 heteroatoms. The van der Waals surface area contributed by atoms with E-state index in [0.717, 1.165) is 0 Å². The van der Waals surface area contributed by atoms with Crippen LogP contribution in [0.2, 0.25) is 0 Å². The maximum Gasteiger partial charge on any atom is 0.346 e. The molecule has 0 aromatic carbocycles. The number of hydroxylamine groups is 2.